The number of hydrogen-bond acceptors (Lipinski definition) is 8. The average Bonchev–Trinajstić information content (AvgIpc) is 3.35. The van der Waals surface area contributed by atoms with E-state index in [-0.39, 0.29) is 44.4 Å². The van der Waals surface area contributed by atoms with E-state index in [4.69, 9.17) is 15.9 Å². The third-order valence-corrected chi connectivity index (χ3v) is 6.10. The normalized spacial score (nSPS) is 17.2. The fourth-order valence-electron chi connectivity index (χ4n) is 4.05. The Balaban J connectivity index is 2.12. The predicted octanol–water partition coefficient (Wildman–Crippen LogP) is -0.963. The number of benzene rings is 1. The second-order valence-corrected chi connectivity index (χ2v) is 8.99. The molecule has 1 heterocycles. The summed E-state index contributed by atoms with van der Waals surface area (Å²) in [5.74, 6) is -5.97. The Kier molecular flexibility index (Phi) is 11.0. The number of aromatic hydroxyl groups is 1. The summed E-state index contributed by atoms with van der Waals surface area (Å²) in [5, 5.41) is 41.6. The van der Waals surface area contributed by atoms with E-state index in [1.807, 2.05) is 0 Å². The van der Waals surface area contributed by atoms with Gasteiger partial charge in [0.1, 0.15) is 23.9 Å². The van der Waals surface area contributed by atoms with Gasteiger partial charge in [0.2, 0.25) is 17.7 Å². The number of hydrogen-bond donors (Lipinski definition) is 7. The van der Waals surface area contributed by atoms with E-state index in [0.717, 1.165) is 0 Å². The number of carboxylic acid groups (broad SMARTS) is 3. The van der Waals surface area contributed by atoms with Gasteiger partial charge in [0, 0.05) is 25.8 Å². The molecule has 3 amide bonds. The van der Waals surface area contributed by atoms with Crippen LogP contribution in [0.4, 0.5) is 0 Å². The molecule has 0 bridgehead atoms. The van der Waals surface area contributed by atoms with Gasteiger partial charge in [-0.05, 0) is 43.4 Å². The number of rotatable bonds is 14. The molecule has 208 valence electrons. The van der Waals surface area contributed by atoms with Crippen LogP contribution in [-0.2, 0) is 35.2 Å². The van der Waals surface area contributed by atoms with Crippen molar-refractivity contribution < 1.29 is 49.2 Å². The molecule has 0 saturated carbocycles. The van der Waals surface area contributed by atoms with Gasteiger partial charge in [-0.2, -0.15) is 0 Å². The molecule has 0 aromatic heterocycles. The highest BCUT2D eigenvalue weighted by atomic mass is 16.4. The summed E-state index contributed by atoms with van der Waals surface area (Å²) in [4.78, 5) is 73.6. The highest BCUT2D eigenvalue weighted by Crippen LogP contribution is 2.21. The van der Waals surface area contributed by atoms with Crippen molar-refractivity contribution in [2.75, 3.05) is 6.54 Å². The van der Waals surface area contributed by atoms with Crippen molar-refractivity contribution in [3.8, 4) is 5.75 Å². The highest BCUT2D eigenvalue weighted by Gasteiger charge is 2.39. The largest absolute Gasteiger partial charge is 0.508 e. The molecular formula is C24H32N4O10. The minimum absolute atomic E-state index is 0.00263. The third kappa shape index (κ3) is 9.03. The van der Waals surface area contributed by atoms with Gasteiger partial charge in [-0.3, -0.25) is 24.0 Å². The zero-order valence-corrected chi connectivity index (χ0v) is 20.5. The Labute approximate surface area is 217 Å². The van der Waals surface area contributed by atoms with Gasteiger partial charge < -0.3 is 41.7 Å². The number of phenolic OH excluding ortho intramolecular Hbond substituents is 1. The van der Waals surface area contributed by atoms with E-state index in [1.54, 1.807) is 0 Å². The van der Waals surface area contributed by atoms with E-state index >= 15 is 0 Å². The molecule has 1 aromatic carbocycles. The van der Waals surface area contributed by atoms with E-state index in [0.29, 0.717) is 12.0 Å². The Morgan fingerprint density at radius 2 is 1.53 bits per heavy atom. The van der Waals surface area contributed by atoms with Gasteiger partial charge in [-0.15, -0.1) is 0 Å². The molecule has 2 rings (SSSR count). The molecule has 0 radical (unpaired) electrons. The van der Waals surface area contributed by atoms with Gasteiger partial charge >= 0.3 is 17.9 Å². The molecule has 1 aliphatic heterocycles. The van der Waals surface area contributed by atoms with Gasteiger partial charge in [-0.1, -0.05) is 12.1 Å². The van der Waals surface area contributed by atoms with Crippen LogP contribution in [-0.4, -0.2) is 91.7 Å². The van der Waals surface area contributed by atoms with Crippen molar-refractivity contribution in [1.82, 2.24) is 15.5 Å². The van der Waals surface area contributed by atoms with Crippen molar-refractivity contribution in [2.45, 2.75) is 69.1 Å². The third-order valence-electron chi connectivity index (χ3n) is 6.10. The van der Waals surface area contributed by atoms with Crippen molar-refractivity contribution >= 4 is 35.6 Å². The quantitative estimate of drug-likeness (QED) is 0.153. The topological polar surface area (TPSA) is 237 Å². The lowest BCUT2D eigenvalue weighted by atomic mass is 10.0. The molecular weight excluding hydrogens is 504 g/mol. The zero-order chi connectivity index (χ0) is 28.4. The van der Waals surface area contributed by atoms with Crippen LogP contribution in [0.15, 0.2) is 24.3 Å². The summed E-state index contributed by atoms with van der Waals surface area (Å²) < 4.78 is 0. The Hall–Kier alpha value is -4.20. The molecule has 14 nitrogen and oxygen atoms in total. The van der Waals surface area contributed by atoms with Gasteiger partial charge in [0.25, 0.3) is 0 Å². The smallest absolute Gasteiger partial charge is 0.326 e. The number of carbonyl (C=O) groups is 6. The number of likely N-dealkylation sites (tertiary alicyclic amines) is 1. The van der Waals surface area contributed by atoms with Crippen LogP contribution >= 0.6 is 0 Å². The fraction of sp³-hybridized carbons (Fsp3) is 0.500. The van der Waals surface area contributed by atoms with Crippen LogP contribution in [0.25, 0.3) is 0 Å². The maximum absolute atomic E-state index is 13.3. The Morgan fingerprint density at radius 1 is 0.921 bits per heavy atom. The number of amides is 3. The Morgan fingerprint density at radius 3 is 2.11 bits per heavy atom. The molecule has 38 heavy (non-hydrogen) atoms. The number of carbonyl (C=O) groups excluding carboxylic acids is 3. The lowest BCUT2D eigenvalue weighted by Crippen LogP contribution is -2.57. The summed E-state index contributed by atoms with van der Waals surface area (Å²) in [7, 11) is 0. The number of phenols is 1. The molecule has 1 fully saturated rings. The van der Waals surface area contributed by atoms with Crippen LogP contribution in [0.3, 0.4) is 0 Å². The first-order chi connectivity index (χ1) is 17.9. The summed E-state index contributed by atoms with van der Waals surface area (Å²) in [6, 6.07) is 0.835. The molecule has 1 saturated heterocycles. The summed E-state index contributed by atoms with van der Waals surface area (Å²) in [6.45, 7) is 0.122. The lowest BCUT2D eigenvalue weighted by Gasteiger charge is -2.30. The van der Waals surface area contributed by atoms with E-state index in [1.165, 1.54) is 29.2 Å². The Bertz CT molecular complexity index is 1050. The fourth-order valence-corrected chi connectivity index (χ4v) is 4.05. The first-order valence-electron chi connectivity index (χ1n) is 12.0. The van der Waals surface area contributed by atoms with Gasteiger partial charge in [0.05, 0.1) is 6.04 Å². The van der Waals surface area contributed by atoms with Crippen LogP contribution in [0, 0.1) is 0 Å². The van der Waals surface area contributed by atoms with Crippen LogP contribution < -0.4 is 16.4 Å². The van der Waals surface area contributed by atoms with E-state index in [2.05, 4.69) is 10.6 Å². The second kappa shape index (κ2) is 13.9. The molecule has 14 heteroatoms. The molecule has 4 unspecified atom stereocenters. The number of nitrogens with two attached hydrogens (primary N) is 1. The molecule has 1 aliphatic rings. The van der Waals surface area contributed by atoms with E-state index < -0.39 is 66.2 Å². The number of carboxylic acids is 3. The molecule has 1 aromatic rings. The number of nitrogens with one attached hydrogen (secondary N) is 2. The van der Waals surface area contributed by atoms with Crippen LogP contribution in [0.1, 0.15) is 44.1 Å². The van der Waals surface area contributed by atoms with Crippen molar-refractivity contribution in [2.24, 2.45) is 5.73 Å². The first-order valence-corrected chi connectivity index (χ1v) is 12.0. The molecule has 8 N–H and O–H groups in total. The monoisotopic (exact) mass is 536 g/mol. The molecule has 4 atom stereocenters. The standard InChI is InChI=1S/C24H32N4O10/c25-15(7-9-19(30)31)21(34)26-16(8-10-20(32)33)23(36)28-11-1-2-18(28)22(35)27-17(24(37)38)12-13-3-5-14(29)6-4-13/h3-6,15-18,29H,1-2,7-12,25H2,(H,26,34)(H,27,35)(H,30,31)(H,32,33)(H,37,38). The van der Waals surface area contributed by atoms with Crippen molar-refractivity contribution in [3.63, 3.8) is 0 Å². The predicted molar refractivity (Wildman–Crippen MR) is 130 cm³/mol. The highest BCUT2D eigenvalue weighted by molar-refractivity contribution is 5.94. The maximum atomic E-state index is 13.3. The number of nitrogens with zero attached hydrogens (tertiary/aromatic N) is 1. The SMILES string of the molecule is NC(CCC(=O)O)C(=O)NC(CCC(=O)O)C(=O)N1CCCC1C(=O)NC(Cc1ccc(O)cc1)C(=O)O. The maximum Gasteiger partial charge on any atom is 0.326 e. The summed E-state index contributed by atoms with van der Waals surface area (Å²) in [6.07, 6.45) is -0.793. The van der Waals surface area contributed by atoms with Crippen molar-refractivity contribution in [1.29, 1.82) is 0 Å². The van der Waals surface area contributed by atoms with E-state index in [9.17, 15) is 39.0 Å². The summed E-state index contributed by atoms with van der Waals surface area (Å²) >= 11 is 0. The first kappa shape index (κ1) is 30.0. The van der Waals surface area contributed by atoms with Crippen LogP contribution in [0.5, 0.6) is 5.75 Å². The second-order valence-electron chi connectivity index (χ2n) is 8.99. The zero-order valence-electron chi connectivity index (χ0n) is 20.5. The van der Waals surface area contributed by atoms with Crippen molar-refractivity contribution in [3.05, 3.63) is 29.8 Å². The lowest BCUT2D eigenvalue weighted by molar-refractivity contribution is -0.145. The van der Waals surface area contributed by atoms with Crippen LogP contribution in [0.2, 0.25) is 0 Å². The minimum atomic E-state index is -1.34. The summed E-state index contributed by atoms with van der Waals surface area (Å²) in [5.41, 5.74) is 6.25. The van der Waals surface area contributed by atoms with Gasteiger partial charge in [0.15, 0.2) is 0 Å². The average molecular weight is 537 g/mol. The minimum Gasteiger partial charge on any atom is -0.508 e. The molecule has 0 aliphatic carbocycles. The molecule has 0 spiro atoms. The number of aliphatic carboxylic acids is 3. The van der Waals surface area contributed by atoms with Gasteiger partial charge in [-0.25, -0.2) is 4.79 Å².